The van der Waals surface area contributed by atoms with Gasteiger partial charge in [-0.05, 0) is 42.7 Å². The summed E-state index contributed by atoms with van der Waals surface area (Å²) in [6.07, 6.45) is 4.50. The van der Waals surface area contributed by atoms with Gasteiger partial charge in [0.2, 0.25) is 0 Å². The molecule has 1 saturated carbocycles. The van der Waals surface area contributed by atoms with E-state index in [9.17, 15) is 0 Å². The molecule has 0 radical (unpaired) electrons. The first-order valence-electron chi connectivity index (χ1n) is 6.96. The van der Waals surface area contributed by atoms with Crippen molar-refractivity contribution in [1.82, 2.24) is 10.3 Å². The predicted molar refractivity (Wildman–Crippen MR) is 87.6 cm³/mol. The lowest BCUT2D eigenvalue weighted by Gasteiger charge is -2.08. The molecule has 0 spiro atoms. The van der Waals surface area contributed by atoms with Crippen molar-refractivity contribution >= 4 is 27.5 Å². The van der Waals surface area contributed by atoms with Gasteiger partial charge in [-0.1, -0.05) is 33.6 Å². The fourth-order valence-corrected chi connectivity index (χ4v) is 2.67. The van der Waals surface area contributed by atoms with Crippen molar-refractivity contribution in [1.29, 1.82) is 0 Å². The highest BCUT2D eigenvalue weighted by molar-refractivity contribution is 9.10. The van der Waals surface area contributed by atoms with Crippen LogP contribution in [0.15, 0.2) is 41.0 Å². The third-order valence-corrected chi connectivity index (χ3v) is 4.12. The Bertz CT molecular complexity index is 614. The van der Waals surface area contributed by atoms with E-state index in [0.717, 1.165) is 16.7 Å². The molecule has 1 N–H and O–H groups in total. The van der Waals surface area contributed by atoms with E-state index >= 15 is 0 Å². The van der Waals surface area contributed by atoms with Crippen LogP contribution in [-0.2, 0) is 13.2 Å². The van der Waals surface area contributed by atoms with Gasteiger partial charge in [0.1, 0.15) is 12.4 Å². The van der Waals surface area contributed by atoms with Crippen molar-refractivity contribution in [3.05, 3.63) is 57.3 Å². The Morgan fingerprint density at radius 1 is 1.29 bits per heavy atom. The molecule has 0 bridgehead atoms. The van der Waals surface area contributed by atoms with Gasteiger partial charge in [-0.15, -0.1) is 0 Å². The first kappa shape index (κ1) is 14.8. The van der Waals surface area contributed by atoms with Crippen LogP contribution in [0.1, 0.15) is 24.1 Å². The SMILES string of the molecule is Clc1cc(Br)ccc1OCc1ccc(CNC2CC2)cn1. The smallest absolute Gasteiger partial charge is 0.138 e. The van der Waals surface area contributed by atoms with Crippen molar-refractivity contribution in [3.8, 4) is 5.75 Å². The zero-order chi connectivity index (χ0) is 14.7. The lowest BCUT2D eigenvalue weighted by molar-refractivity contribution is 0.301. The molecule has 0 aliphatic heterocycles. The van der Waals surface area contributed by atoms with Crippen molar-refractivity contribution in [2.45, 2.75) is 32.0 Å². The summed E-state index contributed by atoms with van der Waals surface area (Å²) in [5.74, 6) is 0.668. The van der Waals surface area contributed by atoms with Crippen molar-refractivity contribution in [3.63, 3.8) is 0 Å². The molecule has 0 amide bonds. The molecule has 3 nitrogen and oxygen atoms in total. The summed E-state index contributed by atoms with van der Waals surface area (Å²) < 4.78 is 6.63. The van der Waals surface area contributed by atoms with Crippen molar-refractivity contribution in [2.24, 2.45) is 0 Å². The maximum absolute atomic E-state index is 6.11. The monoisotopic (exact) mass is 366 g/mol. The lowest BCUT2D eigenvalue weighted by atomic mass is 10.2. The van der Waals surface area contributed by atoms with Crippen LogP contribution in [0.3, 0.4) is 0 Å². The Labute approximate surface area is 137 Å². The van der Waals surface area contributed by atoms with Gasteiger partial charge in [-0.3, -0.25) is 4.98 Å². The Morgan fingerprint density at radius 3 is 2.81 bits per heavy atom. The van der Waals surface area contributed by atoms with Gasteiger partial charge >= 0.3 is 0 Å². The number of pyridine rings is 1. The van der Waals surface area contributed by atoms with Crippen LogP contribution in [0.4, 0.5) is 0 Å². The van der Waals surface area contributed by atoms with Gasteiger partial charge in [0.25, 0.3) is 0 Å². The van der Waals surface area contributed by atoms with E-state index in [0.29, 0.717) is 23.4 Å². The van der Waals surface area contributed by atoms with Gasteiger partial charge in [0, 0.05) is 23.3 Å². The molecule has 21 heavy (non-hydrogen) atoms. The maximum atomic E-state index is 6.11. The summed E-state index contributed by atoms with van der Waals surface area (Å²) in [5, 5.41) is 4.06. The fourth-order valence-electron chi connectivity index (χ4n) is 1.94. The van der Waals surface area contributed by atoms with Crippen molar-refractivity contribution in [2.75, 3.05) is 0 Å². The summed E-state index contributed by atoms with van der Waals surface area (Å²) in [4.78, 5) is 4.42. The number of hydrogen-bond acceptors (Lipinski definition) is 3. The second-order valence-electron chi connectivity index (χ2n) is 5.18. The van der Waals surface area contributed by atoms with Crippen LogP contribution >= 0.6 is 27.5 Å². The standard InChI is InChI=1S/C16H16BrClN2O/c17-12-2-6-16(15(18)7-12)21-10-14-3-1-11(9-20-14)8-19-13-4-5-13/h1-3,6-7,9,13,19H,4-5,8,10H2. The average molecular weight is 368 g/mol. The minimum atomic E-state index is 0.414. The number of ether oxygens (including phenoxy) is 1. The van der Waals surface area contributed by atoms with Crippen LogP contribution in [0.5, 0.6) is 5.75 Å². The molecule has 110 valence electrons. The minimum absolute atomic E-state index is 0.414. The average Bonchev–Trinajstić information content (AvgIpc) is 3.30. The van der Waals surface area contributed by atoms with E-state index < -0.39 is 0 Å². The molecule has 1 aromatic carbocycles. The first-order chi connectivity index (χ1) is 10.2. The summed E-state index contributed by atoms with van der Waals surface area (Å²) >= 11 is 9.49. The number of nitrogens with one attached hydrogen (secondary N) is 1. The topological polar surface area (TPSA) is 34.1 Å². The van der Waals surface area contributed by atoms with E-state index in [2.05, 4.69) is 32.3 Å². The Morgan fingerprint density at radius 2 is 2.14 bits per heavy atom. The number of rotatable bonds is 6. The van der Waals surface area contributed by atoms with Crippen LogP contribution in [0, 0.1) is 0 Å². The quantitative estimate of drug-likeness (QED) is 0.825. The van der Waals surface area contributed by atoms with Gasteiger partial charge in [-0.2, -0.15) is 0 Å². The highest BCUT2D eigenvalue weighted by atomic mass is 79.9. The summed E-state index contributed by atoms with van der Waals surface area (Å²) in [6, 6.07) is 10.4. The van der Waals surface area contributed by atoms with Gasteiger partial charge in [0.05, 0.1) is 10.7 Å². The molecule has 5 heteroatoms. The molecule has 1 fully saturated rings. The van der Waals surface area contributed by atoms with Crippen LogP contribution in [0.2, 0.25) is 5.02 Å². The normalized spacial score (nSPS) is 14.2. The summed E-state index contributed by atoms with van der Waals surface area (Å²) in [6.45, 7) is 1.30. The Balaban J connectivity index is 1.54. The van der Waals surface area contributed by atoms with Gasteiger partial charge in [0.15, 0.2) is 0 Å². The largest absolute Gasteiger partial charge is 0.486 e. The Hall–Kier alpha value is -1.10. The zero-order valence-electron chi connectivity index (χ0n) is 11.5. The predicted octanol–water partition coefficient (Wildman–Crippen LogP) is 4.33. The number of nitrogens with zero attached hydrogens (tertiary/aromatic N) is 1. The minimum Gasteiger partial charge on any atom is -0.486 e. The van der Waals surface area contributed by atoms with Crippen LogP contribution in [-0.4, -0.2) is 11.0 Å². The molecule has 0 saturated heterocycles. The third-order valence-electron chi connectivity index (χ3n) is 3.33. The van der Waals surface area contributed by atoms with Crippen LogP contribution in [0.25, 0.3) is 0 Å². The molecule has 1 aliphatic carbocycles. The molecule has 1 heterocycles. The zero-order valence-corrected chi connectivity index (χ0v) is 13.8. The number of benzene rings is 1. The second kappa shape index (κ2) is 6.77. The summed E-state index contributed by atoms with van der Waals surface area (Å²) in [5.41, 5.74) is 2.09. The van der Waals surface area contributed by atoms with Crippen LogP contribution < -0.4 is 10.1 Å². The molecular weight excluding hydrogens is 352 g/mol. The first-order valence-corrected chi connectivity index (χ1v) is 8.13. The number of halogens is 2. The van der Waals surface area contributed by atoms with E-state index in [1.165, 1.54) is 18.4 Å². The molecular formula is C16H16BrClN2O. The van der Waals surface area contributed by atoms with Gasteiger partial charge < -0.3 is 10.1 Å². The number of aromatic nitrogens is 1. The van der Waals surface area contributed by atoms with E-state index in [-0.39, 0.29) is 0 Å². The molecule has 3 rings (SSSR count). The highest BCUT2D eigenvalue weighted by Crippen LogP contribution is 2.28. The molecule has 1 aromatic heterocycles. The van der Waals surface area contributed by atoms with E-state index in [1.807, 2.05) is 30.5 Å². The van der Waals surface area contributed by atoms with E-state index in [1.54, 1.807) is 0 Å². The summed E-state index contributed by atoms with van der Waals surface area (Å²) in [7, 11) is 0. The molecule has 0 atom stereocenters. The fraction of sp³-hybridized carbons (Fsp3) is 0.312. The van der Waals surface area contributed by atoms with Crippen molar-refractivity contribution < 1.29 is 4.74 Å². The molecule has 0 unspecified atom stereocenters. The maximum Gasteiger partial charge on any atom is 0.138 e. The second-order valence-corrected chi connectivity index (χ2v) is 6.50. The Kier molecular flexibility index (Phi) is 4.78. The third kappa shape index (κ3) is 4.43. The molecule has 2 aromatic rings. The lowest BCUT2D eigenvalue weighted by Crippen LogP contribution is -2.15. The van der Waals surface area contributed by atoms with Gasteiger partial charge in [-0.25, -0.2) is 0 Å². The highest BCUT2D eigenvalue weighted by Gasteiger charge is 2.19. The number of hydrogen-bond donors (Lipinski definition) is 1. The van der Waals surface area contributed by atoms with E-state index in [4.69, 9.17) is 16.3 Å². The molecule has 1 aliphatic rings.